The van der Waals surface area contributed by atoms with Gasteiger partial charge in [0.15, 0.2) is 0 Å². The molecule has 4 rings (SSSR count). The Morgan fingerprint density at radius 2 is 1.66 bits per heavy atom. The van der Waals surface area contributed by atoms with Crippen molar-refractivity contribution >= 4 is 5.71 Å². The van der Waals surface area contributed by atoms with E-state index in [4.69, 9.17) is 5.10 Å². The second-order valence-electron chi connectivity index (χ2n) is 9.28. The molecule has 0 saturated heterocycles. The Labute approximate surface area is 177 Å². The zero-order valence-electron chi connectivity index (χ0n) is 18.3. The SMILES string of the molecule is CCCC1CCC(CN2N=C(c3cccc(C)c3)C(c3ccccc3)C2C)CC1. The normalized spacial score (nSPS) is 27.1. The summed E-state index contributed by atoms with van der Waals surface area (Å²) in [5.74, 6) is 2.10. The van der Waals surface area contributed by atoms with Crippen LogP contribution >= 0.6 is 0 Å². The van der Waals surface area contributed by atoms with Gasteiger partial charge in [-0.05, 0) is 49.7 Å². The van der Waals surface area contributed by atoms with Crippen LogP contribution in [0.2, 0.25) is 0 Å². The third-order valence-corrected chi connectivity index (χ3v) is 7.06. The topological polar surface area (TPSA) is 15.6 Å². The van der Waals surface area contributed by atoms with Crippen molar-refractivity contribution in [3.8, 4) is 0 Å². The van der Waals surface area contributed by atoms with Gasteiger partial charge >= 0.3 is 0 Å². The fraction of sp³-hybridized carbons (Fsp3) is 0.519. The summed E-state index contributed by atoms with van der Waals surface area (Å²) in [5.41, 5.74) is 5.21. The van der Waals surface area contributed by atoms with Crippen LogP contribution in [0.4, 0.5) is 0 Å². The molecule has 0 bridgehead atoms. The monoisotopic (exact) mass is 388 g/mol. The zero-order valence-corrected chi connectivity index (χ0v) is 18.3. The Kier molecular flexibility index (Phi) is 6.37. The molecular formula is C27H36N2. The van der Waals surface area contributed by atoms with Gasteiger partial charge in [0.25, 0.3) is 0 Å². The lowest BCUT2D eigenvalue weighted by molar-refractivity contribution is 0.156. The molecule has 1 heterocycles. The number of hydrogen-bond donors (Lipinski definition) is 0. The smallest absolute Gasteiger partial charge is 0.0773 e. The Hall–Kier alpha value is -2.09. The molecule has 0 N–H and O–H groups in total. The molecule has 2 unspecified atom stereocenters. The first-order valence-corrected chi connectivity index (χ1v) is 11.6. The first kappa shape index (κ1) is 20.2. The Bertz CT molecular complexity index is 817. The molecule has 0 spiro atoms. The standard InChI is InChI=1S/C27H36N2/c1-4-9-22-14-16-23(17-15-22)19-29-21(3)26(24-11-6-5-7-12-24)27(28-29)25-13-8-10-20(2)18-25/h5-8,10-13,18,21-23,26H,4,9,14-17,19H2,1-3H3. The fourth-order valence-corrected chi connectivity index (χ4v) is 5.41. The van der Waals surface area contributed by atoms with Crippen molar-refractivity contribution < 1.29 is 0 Å². The molecule has 2 aromatic carbocycles. The maximum Gasteiger partial charge on any atom is 0.0773 e. The Balaban J connectivity index is 1.55. The average molecular weight is 389 g/mol. The van der Waals surface area contributed by atoms with E-state index in [1.807, 2.05) is 0 Å². The van der Waals surface area contributed by atoms with E-state index in [1.54, 1.807) is 0 Å². The summed E-state index contributed by atoms with van der Waals surface area (Å²) in [6.07, 6.45) is 8.33. The summed E-state index contributed by atoms with van der Waals surface area (Å²) in [6.45, 7) is 7.97. The molecule has 1 aliphatic carbocycles. The van der Waals surface area contributed by atoms with E-state index < -0.39 is 0 Å². The van der Waals surface area contributed by atoms with Gasteiger partial charge in [0, 0.05) is 6.54 Å². The third kappa shape index (κ3) is 4.57. The maximum atomic E-state index is 5.24. The molecule has 1 fully saturated rings. The lowest BCUT2D eigenvalue weighted by Gasteiger charge is -2.33. The zero-order chi connectivity index (χ0) is 20.2. The van der Waals surface area contributed by atoms with Crippen LogP contribution in [0.15, 0.2) is 59.7 Å². The molecule has 2 aromatic rings. The first-order chi connectivity index (χ1) is 14.2. The molecule has 2 aliphatic rings. The summed E-state index contributed by atoms with van der Waals surface area (Å²) < 4.78 is 0. The molecule has 29 heavy (non-hydrogen) atoms. The highest BCUT2D eigenvalue weighted by Crippen LogP contribution is 2.37. The van der Waals surface area contributed by atoms with Gasteiger partial charge in [0.05, 0.1) is 17.7 Å². The van der Waals surface area contributed by atoms with Gasteiger partial charge in [-0.15, -0.1) is 0 Å². The molecule has 2 atom stereocenters. The van der Waals surface area contributed by atoms with Crippen molar-refractivity contribution in [1.29, 1.82) is 0 Å². The van der Waals surface area contributed by atoms with E-state index in [9.17, 15) is 0 Å². The van der Waals surface area contributed by atoms with Crippen LogP contribution in [0.1, 0.15) is 75.0 Å². The highest BCUT2D eigenvalue weighted by atomic mass is 15.5. The minimum Gasteiger partial charge on any atom is -0.293 e. The van der Waals surface area contributed by atoms with Crippen molar-refractivity contribution in [3.63, 3.8) is 0 Å². The van der Waals surface area contributed by atoms with Crippen LogP contribution in [0.5, 0.6) is 0 Å². The van der Waals surface area contributed by atoms with Gasteiger partial charge in [-0.1, -0.05) is 92.8 Å². The highest BCUT2D eigenvalue weighted by Gasteiger charge is 2.37. The van der Waals surface area contributed by atoms with Gasteiger partial charge in [-0.3, -0.25) is 5.01 Å². The van der Waals surface area contributed by atoms with Gasteiger partial charge in [-0.25, -0.2) is 0 Å². The van der Waals surface area contributed by atoms with E-state index in [1.165, 1.54) is 60.9 Å². The second kappa shape index (κ2) is 9.15. The number of benzene rings is 2. The van der Waals surface area contributed by atoms with E-state index in [2.05, 4.69) is 80.4 Å². The molecule has 0 radical (unpaired) electrons. The summed E-state index contributed by atoms with van der Waals surface area (Å²) in [4.78, 5) is 0. The molecule has 2 nitrogen and oxygen atoms in total. The minimum absolute atomic E-state index is 0.342. The van der Waals surface area contributed by atoms with Crippen LogP contribution in [-0.2, 0) is 0 Å². The van der Waals surface area contributed by atoms with Gasteiger partial charge < -0.3 is 0 Å². The van der Waals surface area contributed by atoms with Crippen LogP contribution in [-0.4, -0.2) is 23.3 Å². The van der Waals surface area contributed by atoms with Crippen molar-refractivity contribution in [3.05, 3.63) is 71.3 Å². The van der Waals surface area contributed by atoms with Crippen molar-refractivity contribution in [1.82, 2.24) is 5.01 Å². The average Bonchev–Trinajstić information content (AvgIpc) is 3.06. The largest absolute Gasteiger partial charge is 0.293 e. The predicted octanol–water partition coefficient (Wildman–Crippen LogP) is 6.79. The van der Waals surface area contributed by atoms with Crippen molar-refractivity contribution in [2.75, 3.05) is 6.54 Å². The maximum absolute atomic E-state index is 5.24. The summed E-state index contributed by atoms with van der Waals surface area (Å²) in [6, 6.07) is 20.2. The van der Waals surface area contributed by atoms with E-state index in [-0.39, 0.29) is 0 Å². The highest BCUT2D eigenvalue weighted by molar-refractivity contribution is 6.06. The lowest BCUT2D eigenvalue weighted by atomic mass is 9.79. The molecule has 1 saturated carbocycles. The van der Waals surface area contributed by atoms with E-state index in [0.717, 1.165) is 18.4 Å². The van der Waals surface area contributed by atoms with Gasteiger partial charge in [0.2, 0.25) is 0 Å². The molecule has 2 heteroatoms. The lowest BCUT2D eigenvalue weighted by Crippen LogP contribution is -2.34. The number of rotatable bonds is 6. The van der Waals surface area contributed by atoms with Crippen LogP contribution < -0.4 is 0 Å². The van der Waals surface area contributed by atoms with E-state index in [0.29, 0.717) is 12.0 Å². The quantitative estimate of drug-likeness (QED) is 0.532. The Morgan fingerprint density at radius 3 is 2.34 bits per heavy atom. The number of aryl methyl sites for hydroxylation is 1. The Morgan fingerprint density at radius 1 is 0.931 bits per heavy atom. The number of nitrogens with zero attached hydrogens (tertiary/aromatic N) is 2. The molecule has 154 valence electrons. The predicted molar refractivity (Wildman–Crippen MR) is 123 cm³/mol. The summed E-state index contributed by atoms with van der Waals surface area (Å²) in [7, 11) is 0. The number of hydrogen-bond acceptors (Lipinski definition) is 2. The van der Waals surface area contributed by atoms with Crippen molar-refractivity contribution in [2.45, 2.75) is 71.3 Å². The third-order valence-electron chi connectivity index (χ3n) is 7.06. The molecular weight excluding hydrogens is 352 g/mol. The summed E-state index contributed by atoms with van der Waals surface area (Å²) >= 11 is 0. The molecule has 0 aromatic heterocycles. The van der Waals surface area contributed by atoms with Gasteiger partial charge in [0.1, 0.15) is 0 Å². The van der Waals surface area contributed by atoms with Crippen LogP contribution in [0, 0.1) is 18.8 Å². The first-order valence-electron chi connectivity index (χ1n) is 11.6. The minimum atomic E-state index is 0.342. The molecule has 0 amide bonds. The van der Waals surface area contributed by atoms with Crippen molar-refractivity contribution in [2.24, 2.45) is 16.9 Å². The van der Waals surface area contributed by atoms with Crippen LogP contribution in [0.3, 0.4) is 0 Å². The number of hydrazone groups is 1. The molecule has 1 aliphatic heterocycles. The van der Waals surface area contributed by atoms with E-state index >= 15 is 0 Å². The fourth-order valence-electron chi connectivity index (χ4n) is 5.41. The second-order valence-corrected chi connectivity index (χ2v) is 9.28. The van der Waals surface area contributed by atoms with Gasteiger partial charge in [-0.2, -0.15) is 5.10 Å². The van der Waals surface area contributed by atoms with Crippen LogP contribution in [0.25, 0.3) is 0 Å². The summed E-state index contributed by atoms with van der Waals surface area (Å²) in [5, 5.41) is 7.65.